The maximum absolute atomic E-state index is 12.4. The molecule has 0 aliphatic heterocycles. The number of fused-ring (bicyclic) bond motifs is 1. The van der Waals surface area contributed by atoms with Crippen molar-refractivity contribution in [2.75, 3.05) is 12.4 Å². The molecule has 0 bridgehead atoms. The molecule has 0 saturated carbocycles. The molecule has 1 aromatic heterocycles. The Balaban J connectivity index is 1.97. The maximum atomic E-state index is 12.4. The molecule has 0 unspecified atom stereocenters. The number of H-pyrrole nitrogens is 1. The number of hydrogen-bond acceptors (Lipinski definition) is 3. The first-order valence-corrected chi connectivity index (χ1v) is 7.94. The summed E-state index contributed by atoms with van der Waals surface area (Å²) in [4.78, 5) is 25.8. The van der Waals surface area contributed by atoms with Crippen molar-refractivity contribution in [3.05, 3.63) is 70.1 Å². The van der Waals surface area contributed by atoms with Crippen molar-refractivity contribution < 1.29 is 22.7 Å². The van der Waals surface area contributed by atoms with Crippen molar-refractivity contribution >= 4 is 22.4 Å². The Morgan fingerprint density at radius 3 is 2.63 bits per heavy atom. The van der Waals surface area contributed by atoms with Crippen molar-refractivity contribution in [2.45, 2.75) is 12.6 Å². The van der Waals surface area contributed by atoms with Gasteiger partial charge in [0.2, 0.25) is 0 Å². The van der Waals surface area contributed by atoms with E-state index in [2.05, 4.69) is 4.98 Å². The summed E-state index contributed by atoms with van der Waals surface area (Å²) < 4.78 is 42.6. The Morgan fingerprint density at radius 2 is 1.93 bits per heavy atom. The van der Waals surface area contributed by atoms with Crippen LogP contribution in [-0.4, -0.2) is 24.2 Å². The molecule has 0 aliphatic rings. The highest BCUT2D eigenvalue weighted by Gasteiger charge is 2.38. The van der Waals surface area contributed by atoms with Crippen LogP contribution >= 0.6 is 0 Å². The normalized spacial score (nSPS) is 11.4. The lowest BCUT2D eigenvalue weighted by Crippen LogP contribution is -2.29. The molecule has 3 rings (SSSR count). The highest BCUT2D eigenvalue weighted by molar-refractivity contribution is 5.95. The van der Waals surface area contributed by atoms with Gasteiger partial charge < -0.3 is 15.0 Å². The van der Waals surface area contributed by atoms with Gasteiger partial charge in [-0.1, -0.05) is 18.2 Å². The number of aromatic nitrogens is 1. The van der Waals surface area contributed by atoms with E-state index in [1.165, 1.54) is 19.2 Å². The molecule has 0 atom stereocenters. The minimum absolute atomic E-state index is 0.0375. The van der Waals surface area contributed by atoms with Crippen LogP contribution in [0, 0.1) is 0 Å². The number of carbonyl (C=O) groups is 1. The van der Waals surface area contributed by atoms with Crippen LogP contribution in [0.4, 0.5) is 18.9 Å². The summed E-state index contributed by atoms with van der Waals surface area (Å²) in [5, 5.41) is 2.92. The maximum Gasteiger partial charge on any atom is 0.471 e. The molecule has 2 aromatic carbocycles. The number of nitrogens with one attached hydrogen (secondary N) is 2. The minimum Gasteiger partial charge on any atom is -0.496 e. The summed E-state index contributed by atoms with van der Waals surface area (Å²) in [5.41, 5.74) is 1.17. The Kier molecular flexibility index (Phi) is 4.89. The van der Waals surface area contributed by atoms with Crippen LogP contribution < -0.4 is 15.6 Å². The summed E-state index contributed by atoms with van der Waals surface area (Å²) in [6.45, 7) is 0. The van der Waals surface area contributed by atoms with E-state index in [1.54, 1.807) is 36.5 Å². The van der Waals surface area contributed by atoms with Crippen molar-refractivity contribution in [3.8, 4) is 5.75 Å². The molecule has 8 heteroatoms. The van der Waals surface area contributed by atoms with E-state index in [0.29, 0.717) is 28.5 Å². The lowest BCUT2D eigenvalue weighted by molar-refractivity contribution is -0.167. The first-order chi connectivity index (χ1) is 12.8. The summed E-state index contributed by atoms with van der Waals surface area (Å²) in [5.74, 6) is -1.51. The first kappa shape index (κ1) is 18.5. The lowest BCUT2D eigenvalue weighted by Gasteiger charge is -2.12. The first-order valence-electron chi connectivity index (χ1n) is 7.94. The third-order valence-corrected chi connectivity index (χ3v) is 4.03. The standard InChI is InChI=1S/C19H15F3N2O3/c1-27-15-7-3-6-14-16(15)12(10-23-17(14)25)8-11-4-2-5-13(9-11)24-18(26)19(20,21)22/h2-7,9-10H,8H2,1H3,(H,23,25)(H,24,26). The molecule has 0 aliphatic carbocycles. The van der Waals surface area contributed by atoms with Crippen molar-refractivity contribution in [3.63, 3.8) is 0 Å². The van der Waals surface area contributed by atoms with Crippen LogP contribution in [0.2, 0.25) is 0 Å². The number of halogens is 3. The van der Waals surface area contributed by atoms with Crippen LogP contribution in [0.5, 0.6) is 5.75 Å². The smallest absolute Gasteiger partial charge is 0.471 e. The second-order valence-electron chi connectivity index (χ2n) is 5.85. The van der Waals surface area contributed by atoms with Gasteiger partial charge in [-0.3, -0.25) is 9.59 Å². The predicted octanol–water partition coefficient (Wildman–Crippen LogP) is 3.63. The molecule has 0 spiro atoms. The Labute approximate surface area is 151 Å². The Morgan fingerprint density at radius 1 is 1.19 bits per heavy atom. The number of methoxy groups -OCH3 is 1. The van der Waals surface area contributed by atoms with Gasteiger partial charge in [0.05, 0.1) is 12.5 Å². The number of benzene rings is 2. The van der Waals surface area contributed by atoms with Gasteiger partial charge >= 0.3 is 12.1 Å². The Hall–Kier alpha value is -3.29. The zero-order chi connectivity index (χ0) is 19.6. The van der Waals surface area contributed by atoms with E-state index in [1.807, 2.05) is 5.32 Å². The van der Waals surface area contributed by atoms with Crippen LogP contribution in [0.3, 0.4) is 0 Å². The summed E-state index contributed by atoms with van der Waals surface area (Å²) in [6, 6.07) is 11.2. The zero-order valence-electron chi connectivity index (χ0n) is 14.2. The van der Waals surface area contributed by atoms with Crippen LogP contribution in [0.15, 0.2) is 53.5 Å². The van der Waals surface area contributed by atoms with E-state index in [-0.39, 0.29) is 11.2 Å². The molecule has 2 N–H and O–H groups in total. The molecule has 1 amide bonds. The highest BCUT2D eigenvalue weighted by atomic mass is 19.4. The largest absolute Gasteiger partial charge is 0.496 e. The predicted molar refractivity (Wildman–Crippen MR) is 95.1 cm³/mol. The van der Waals surface area contributed by atoms with Crippen LogP contribution in [0.25, 0.3) is 10.8 Å². The van der Waals surface area contributed by atoms with Gasteiger partial charge in [0.25, 0.3) is 5.56 Å². The summed E-state index contributed by atoms with van der Waals surface area (Å²) in [7, 11) is 1.49. The third-order valence-electron chi connectivity index (χ3n) is 4.03. The highest BCUT2D eigenvalue weighted by Crippen LogP contribution is 2.28. The summed E-state index contributed by atoms with van der Waals surface area (Å²) >= 11 is 0. The number of pyridine rings is 1. The van der Waals surface area contributed by atoms with Crippen LogP contribution in [-0.2, 0) is 11.2 Å². The van der Waals surface area contributed by atoms with Gasteiger partial charge in [0.1, 0.15) is 5.75 Å². The SMILES string of the molecule is COc1cccc2c(=O)[nH]cc(Cc3cccc(NC(=O)C(F)(F)F)c3)c12. The number of carbonyl (C=O) groups excluding carboxylic acids is 1. The van der Waals surface area contributed by atoms with Gasteiger partial charge in [-0.2, -0.15) is 13.2 Å². The number of anilines is 1. The second kappa shape index (κ2) is 7.14. The number of amides is 1. The van der Waals surface area contributed by atoms with Gasteiger partial charge in [-0.05, 0) is 41.8 Å². The minimum atomic E-state index is -4.96. The van der Waals surface area contributed by atoms with E-state index < -0.39 is 12.1 Å². The topological polar surface area (TPSA) is 71.2 Å². The molecule has 0 radical (unpaired) electrons. The zero-order valence-corrected chi connectivity index (χ0v) is 14.2. The molecular formula is C19H15F3N2O3. The molecule has 140 valence electrons. The van der Waals surface area contributed by atoms with E-state index >= 15 is 0 Å². The van der Waals surface area contributed by atoms with E-state index in [0.717, 1.165) is 5.56 Å². The van der Waals surface area contributed by atoms with Crippen molar-refractivity contribution in [1.82, 2.24) is 4.98 Å². The van der Waals surface area contributed by atoms with Crippen molar-refractivity contribution in [2.24, 2.45) is 0 Å². The number of hydrogen-bond donors (Lipinski definition) is 2. The fourth-order valence-electron chi connectivity index (χ4n) is 2.84. The monoisotopic (exact) mass is 376 g/mol. The van der Waals surface area contributed by atoms with Gasteiger partial charge in [-0.25, -0.2) is 0 Å². The quantitative estimate of drug-likeness (QED) is 0.731. The van der Waals surface area contributed by atoms with Gasteiger partial charge in [0.15, 0.2) is 0 Å². The molecule has 27 heavy (non-hydrogen) atoms. The summed E-state index contributed by atoms with van der Waals surface area (Å²) in [6.07, 6.45) is -3.09. The molecule has 1 heterocycles. The number of aromatic amines is 1. The fourth-order valence-corrected chi connectivity index (χ4v) is 2.84. The van der Waals surface area contributed by atoms with Gasteiger partial charge in [-0.15, -0.1) is 0 Å². The molecule has 0 fully saturated rings. The third kappa shape index (κ3) is 3.94. The number of ether oxygens (including phenoxy) is 1. The molecular weight excluding hydrogens is 361 g/mol. The number of alkyl halides is 3. The Bertz CT molecular complexity index is 1060. The fraction of sp³-hybridized carbons (Fsp3) is 0.158. The lowest BCUT2D eigenvalue weighted by atomic mass is 10.00. The van der Waals surface area contributed by atoms with Gasteiger partial charge in [0, 0.05) is 17.3 Å². The molecule has 5 nitrogen and oxygen atoms in total. The molecule has 3 aromatic rings. The molecule has 0 saturated heterocycles. The van der Waals surface area contributed by atoms with Crippen molar-refractivity contribution in [1.29, 1.82) is 0 Å². The van der Waals surface area contributed by atoms with E-state index in [9.17, 15) is 22.8 Å². The average molecular weight is 376 g/mol. The number of rotatable bonds is 4. The average Bonchev–Trinajstić information content (AvgIpc) is 2.63. The second-order valence-corrected chi connectivity index (χ2v) is 5.85. The van der Waals surface area contributed by atoms with E-state index in [4.69, 9.17) is 4.74 Å². The van der Waals surface area contributed by atoms with Crippen LogP contribution in [0.1, 0.15) is 11.1 Å².